The molecule has 0 radical (unpaired) electrons. The first-order valence-electron chi connectivity index (χ1n) is 9.89. The van der Waals surface area contributed by atoms with Crippen molar-refractivity contribution in [2.75, 3.05) is 53.4 Å². The standard InChI is InChI=1S/C14H28N2.C4H9N.C2H6/c1-2-15-11-6-14(7-12-15)8-13-16-9-4-3-5-10-16;1-4-5(2)3;1-2/h14H,2-13H2,1H3;4H,1H2,2-3H3;1-2H3. The minimum atomic E-state index is 1.02. The lowest BCUT2D eigenvalue weighted by atomic mass is 9.93. The first-order valence-corrected chi connectivity index (χ1v) is 9.89. The van der Waals surface area contributed by atoms with Crippen LogP contribution in [0.25, 0.3) is 0 Å². The first-order chi connectivity index (χ1) is 11.2. The fourth-order valence-corrected chi connectivity index (χ4v) is 3.14. The van der Waals surface area contributed by atoms with Gasteiger partial charge in [0.2, 0.25) is 0 Å². The summed E-state index contributed by atoms with van der Waals surface area (Å²) in [7, 11) is 3.88. The van der Waals surface area contributed by atoms with Gasteiger partial charge in [0, 0.05) is 14.1 Å². The second kappa shape index (κ2) is 15.0. The maximum absolute atomic E-state index is 3.49. The van der Waals surface area contributed by atoms with E-state index in [4.69, 9.17) is 0 Å². The molecular weight excluding hydrogens is 282 g/mol. The minimum Gasteiger partial charge on any atom is -0.384 e. The van der Waals surface area contributed by atoms with Crippen molar-refractivity contribution in [1.29, 1.82) is 0 Å². The lowest BCUT2D eigenvalue weighted by molar-refractivity contribution is 0.160. The molecule has 2 aliphatic heterocycles. The Morgan fingerprint density at radius 2 is 1.48 bits per heavy atom. The normalized spacial score (nSPS) is 19.9. The van der Waals surface area contributed by atoms with Crippen LogP contribution in [0.2, 0.25) is 0 Å². The Kier molecular flexibility index (Phi) is 14.7. The highest BCUT2D eigenvalue weighted by atomic mass is 15.1. The molecule has 0 bridgehead atoms. The average Bonchev–Trinajstić information content (AvgIpc) is 2.63. The molecule has 2 fully saturated rings. The van der Waals surface area contributed by atoms with E-state index in [1.807, 2.05) is 32.8 Å². The molecule has 138 valence electrons. The third-order valence-corrected chi connectivity index (χ3v) is 4.82. The minimum absolute atomic E-state index is 1.02. The van der Waals surface area contributed by atoms with Crippen molar-refractivity contribution in [1.82, 2.24) is 14.7 Å². The quantitative estimate of drug-likeness (QED) is 0.745. The number of piperidine rings is 2. The van der Waals surface area contributed by atoms with Gasteiger partial charge in [-0.25, -0.2) is 0 Å². The van der Waals surface area contributed by atoms with Gasteiger partial charge in [-0.15, -0.1) is 0 Å². The summed E-state index contributed by atoms with van der Waals surface area (Å²) in [5, 5.41) is 0. The molecule has 2 saturated heterocycles. The molecule has 2 rings (SSSR count). The number of hydrogen-bond donors (Lipinski definition) is 0. The van der Waals surface area contributed by atoms with E-state index in [2.05, 4.69) is 23.3 Å². The van der Waals surface area contributed by atoms with Gasteiger partial charge < -0.3 is 14.7 Å². The first kappa shape index (κ1) is 22.5. The molecule has 0 unspecified atom stereocenters. The Labute approximate surface area is 146 Å². The second-order valence-electron chi connectivity index (χ2n) is 6.71. The lowest BCUT2D eigenvalue weighted by Gasteiger charge is -2.33. The molecule has 2 heterocycles. The molecule has 0 atom stereocenters. The number of nitrogens with zero attached hydrogens (tertiary/aromatic N) is 3. The van der Waals surface area contributed by atoms with Crippen molar-refractivity contribution >= 4 is 0 Å². The van der Waals surface area contributed by atoms with E-state index in [-0.39, 0.29) is 0 Å². The SMILES string of the molecule is C=CN(C)C.CC.CCN1CCC(CCN2CCCCC2)CC1. The van der Waals surface area contributed by atoms with Crippen molar-refractivity contribution in [3.8, 4) is 0 Å². The molecule has 0 aromatic carbocycles. The van der Waals surface area contributed by atoms with Crippen LogP contribution in [0.5, 0.6) is 0 Å². The molecule has 2 aliphatic rings. The zero-order chi connectivity index (χ0) is 17.5. The summed E-state index contributed by atoms with van der Waals surface area (Å²) in [6.45, 7) is 17.8. The Hall–Kier alpha value is -0.540. The highest BCUT2D eigenvalue weighted by Crippen LogP contribution is 2.21. The van der Waals surface area contributed by atoms with Crippen molar-refractivity contribution in [2.45, 2.75) is 59.3 Å². The predicted octanol–water partition coefficient (Wildman–Crippen LogP) is 4.31. The fourth-order valence-electron chi connectivity index (χ4n) is 3.14. The van der Waals surface area contributed by atoms with E-state index >= 15 is 0 Å². The van der Waals surface area contributed by atoms with Crippen LogP contribution in [0, 0.1) is 5.92 Å². The zero-order valence-corrected chi connectivity index (χ0v) is 16.7. The van der Waals surface area contributed by atoms with Gasteiger partial charge >= 0.3 is 0 Å². The van der Waals surface area contributed by atoms with Gasteiger partial charge in [-0.3, -0.25) is 0 Å². The van der Waals surface area contributed by atoms with Crippen LogP contribution in [0.3, 0.4) is 0 Å². The molecule has 0 N–H and O–H groups in total. The van der Waals surface area contributed by atoms with Crippen molar-refractivity contribution in [3.05, 3.63) is 12.8 Å². The third-order valence-electron chi connectivity index (χ3n) is 4.82. The Morgan fingerprint density at radius 3 is 1.91 bits per heavy atom. The average molecular weight is 326 g/mol. The Bertz CT molecular complexity index is 252. The summed E-state index contributed by atoms with van der Waals surface area (Å²) >= 11 is 0. The van der Waals surface area contributed by atoms with Crippen LogP contribution in [-0.4, -0.2) is 68.1 Å². The number of hydrogen-bond acceptors (Lipinski definition) is 3. The summed E-state index contributed by atoms with van der Waals surface area (Å²) in [6.07, 6.45) is 10.4. The largest absolute Gasteiger partial charge is 0.384 e. The molecule has 0 saturated carbocycles. The third kappa shape index (κ3) is 11.6. The van der Waals surface area contributed by atoms with Crippen molar-refractivity contribution in [3.63, 3.8) is 0 Å². The molecular formula is C20H43N3. The zero-order valence-electron chi connectivity index (χ0n) is 16.7. The van der Waals surface area contributed by atoms with E-state index in [0.29, 0.717) is 0 Å². The van der Waals surface area contributed by atoms with Gasteiger partial charge in [0.25, 0.3) is 0 Å². The molecule has 0 amide bonds. The van der Waals surface area contributed by atoms with Crippen LogP contribution in [-0.2, 0) is 0 Å². The van der Waals surface area contributed by atoms with E-state index in [0.717, 1.165) is 5.92 Å². The van der Waals surface area contributed by atoms with Gasteiger partial charge in [-0.1, -0.05) is 33.8 Å². The molecule has 0 aromatic rings. The Morgan fingerprint density at radius 1 is 0.957 bits per heavy atom. The highest BCUT2D eigenvalue weighted by Gasteiger charge is 2.19. The summed E-state index contributed by atoms with van der Waals surface area (Å²) in [6, 6.07) is 0. The van der Waals surface area contributed by atoms with E-state index < -0.39 is 0 Å². The van der Waals surface area contributed by atoms with Crippen LogP contribution in [0.15, 0.2) is 12.8 Å². The Balaban J connectivity index is 0.000000594. The smallest absolute Gasteiger partial charge is 0.00554 e. The molecule has 0 aliphatic carbocycles. The van der Waals surface area contributed by atoms with Gasteiger partial charge in [0.1, 0.15) is 0 Å². The molecule has 0 aromatic heterocycles. The molecule has 0 spiro atoms. The van der Waals surface area contributed by atoms with Crippen LogP contribution < -0.4 is 0 Å². The summed E-state index contributed by atoms with van der Waals surface area (Å²) in [5.41, 5.74) is 0. The van der Waals surface area contributed by atoms with Crippen molar-refractivity contribution < 1.29 is 0 Å². The van der Waals surface area contributed by atoms with E-state index in [9.17, 15) is 0 Å². The second-order valence-corrected chi connectivity index (χ2v) is 6.71. The maximum atomic E-state index is 3.49. The number of rotatable bonds is 5. The van der Waals surface area contributed by atoms with Gasteiger partial charge in [0.15, 0.2) is 0 Å². The maximum Gasteiger partial charge on any atom is 0.00554 e. The predicted molar refractivity (Wildman–Crippen MR) is 105 cm³/mol. The lowest BCUT2D eigenvalue weighted by Crippen LogP contribution is -2.36. The van der Waals surface area contributed by atoms with Crippen LogP contribution in [0.4, 0.5) is 0 Å². The molecule has 3 nitrogen and oxygen atoms in total. The van der Waals surface area contributed by atoms with Gasteiger partial charge in [-0.05, 0) is 83.5 Å². The summed E-state index contributed by atoms with van der Waals surface area (Å²) < 4.78 is 0. The number of likely N-dealkylation sites (tertiary alicyclic amines) is 2. The van der Waals surface area contributed by atoms with Crippen molar-refractivity contribution in [2.24, 2.45) is 5.92 Å². The summed E-state index contributed by atoms with van der Waals surface area (Å²) in [5.74, 6) is 1.02. The van der Waals surface area contributed by atoms with E-state index in [1.54, 1.807) is 6.20 Å². The molecule has 3 heteroatoms. The van der Waals surface area contributed by atoms with Gasteiger partial charge in [-0.2, -0.15) is 0 Å². The van der Waals surface area contributed by atoms with Crippen LogP contribution >= 0.6 is 0 Å². The fraction of sp³-hybridized carbons (Fsp3) is 0.900. The van der Waals surface area contributed by atoms with Gasteiger partial charge in [0.05, 0.1) is 0 Å². The van der Waals surface area contributed by atoms with Crippen LogP contribution in [0.1, 0.15) is 59.3 Å². The molecule has 23 heavy (non-hydrogen) atoms. The van der Waals surface area contributed by atoms with E-state index in [1.165, 1.54) is 77.8 Å². The topological polar surface area (TPSA) is 9.72 Å². The summed E-state index contributed by atoms with van der Waals surface area (Å²) in [4.78, 5) is 7.17. The monoisotopic (exact) mass is 325 g/mol. The highest BCUT2D eigenvalue weighted by molar-refractivity contribution is 4.73.